The van der Waals surface area contributed by atoms with E-state index in [1.807, 2.05) is 48.5 Å². The number of aliphatic hydroxyl groups excluding tert-OH is 1. The second kappa shape index (κ2) is 9.18. The normalized spacial score (nSPS) is 19.0. The molecule has 0 radical (unpaired) electrons. The van der Waals surface area contributed by atoms with Crippen LogP contribution in [0, 0.1) is 11.3 Å². The van der Waals surface area contributed by atoms with Crippen LogP contribution in [0.2, 0.25) is 0 Å². The van der Waals surface area contributed by atoms with Gasteiger partial charge in [-0.05, 0) is 43.1 Å². The molecule has 0 unspecified atom stereocenters. The highest BCUT2D eigenvalue weighted by atomic mass is 35.5. The lowest BCUT2D eigenvalue weighted by Crippen LogP contribution is -2.47. The Kier molecular flexibility index (Phi) is 6.82. The van der Waals surface area contributed by atoms with Crippen LogP contribution in [0.4, 0.5) is 5.69 Å². The number of nitrogens with one attached hydrogen (secondary N) is 1. The highest BCUT2D eigenvalue weighted by molar-refractivity contribution is 6.09. The number of hydrogen-bond acceptors (Lipinski definition) is 4. The Morgan fingerprint density at radius 3 is 2.50 bits per heavy atom. The van der Waals surface area contributed by atoms with Gasteiger partial charge < -0.3 is 15.3 Å². The van der Waals surface area contributed by atoms with Gasteiger partial charge in [0.1, 0.15) is 0 Å². The van der Waals surface area contributed by atoms with Crippen LogP contribution in [-0.4, -0.2) is 30.7 Å². The van der Waals surface area contributed by atoms with E-state index in [4.69, 9.17) is 0 Å². The second-order valence-electron chi connectivity index (χ2n) is 8.14. The number of hydrogen-bond donors (Lipinski definition) is 2. The summed E-state index contributed by atoms with van der Waals surface area (Å²) in [6, 6.07) is 17.0. The first-order valence-corrected chi connectivity index (χ1v) is 10.4. The fourth-order valence-corrected chi connectivity index (χ4v) is 5.09. The lowest BCUT2D eigenvalue weighted by molar-refractivity contribution is -0.125. The maximum absolute atomic E-state index is 14.0. The van der Waals surface area contributed by atoms with Gasteiger partial charge >= 0.3 is 0 Å². The van der Waals surface area contributed by atoms with Gasteiger partial charge in [-0.3, -0.25) is 4.79 Å². The highest BCUT2D eigenvalue weighted by Gasteiger charge is 2.53. The molecule has 1 saturated carbocycles. The molecule has 2 aliphatic rings. The molecule has 0 bridgehead atoms. The molecular formula is C24H28ClN3O2. The first-order chi connectivity index (χ1) is 14.1. The number of nitrogens with zero attached hydrogens (tertiary/aromatic N) is 2. The molecular weight excluding hydrogens is 398 g/mol. The van der Waals surface area contributed by atoms with Crippen LogP contribution < -0.4 is 10.2 Å². The van der Waals surface area contributed by atoms with Gasteiger partial charge in [-0.15, -0.1) is 12.4 Å². The third-order valence-electron chi connectivity index (χ3n) is 6.43. The summed E-state index contributed by atoms with van der Waals surface area (Å²) >= 11 is 0. The number of anilines is 1. The monoisotopic (exact) mass is 425 g/mol. The minimum absolute atomic E-state index is 0. The molecule has 158 valence electrons. The number of fused-ring (bicyclic) bond motifs is 2. The number of benzene rings is 2. The van der Waals surface area contributed by atoms with Crippen LogP contribution >= 0.6 is 12.4 Å². The van der Waals surface area contributed by atoms with E-state index in [9.17, 15) is 15.2 Å². The average Bonchev–Trinajstić information content (AvgIpc) is 2.98. The SMILES string of the molecule is CNC[C@@H](O)[C@H](c1ccccc1)N1C(=O)C2(CCCCC2)c2ccc(C#N)cc21.Cl. The van der Waals surface area contributed by atoms with Crippen molar-refractivity contribution in [1.29, 1.82) is 5.26 Å². The van der Waals surface area contributed by atoms with Crippen molar-refractivity contribution in [1.82, 2.24) is 5.32 Å². The van der Waals surface area contributed by atoms with Crippen molar-refractivity contribution in [2.24, 2.45) is 0 Å². The van der Waals surface area contributed by atoms with Crippen molar-refractivity contribution in [3.8, 4) is 6.07 Å². The summed E-state index contributed by atoms with van der Waals surface area (Å²) < 4.78 is 0. The maximum atomic E-state index is 14.0. The molecule has 2 atom stereocenters. The molecule has 2 aromatic rings. The van der Waals surface area contributed by atoms with Gasteiger partial charge in [0, 0.05) is 6.54 Å². The van der Waals surface area contributed by atoms with Crippen molar-refractivity contribution in [2.75, 3.05) is 18.5 Å². The Morgan fingerprint density at radius 1 is 1.17 bits per heavy atom. The molecule has 4 rings (SSSR count). The van der Waals surface area contributed by atoms with Crippen LogP contribution in [0.15, 0.2) is 48.5 Å². The van der Waals surface area contributed by atoms with Crippen molar-refractivity contribution in [2.45, 2.75) is 49.7 Å². The van der Waals surface area contributed by atoms with Gasteiger partial charge in [0.25, 0.3) is 0 Å². The van der Waals surface area contributed by atoms with Crippen LogP contribution in [0.3, 0.4) is 0 Å². The summed E-state index contributed by atoms with van der Waals surface area (Å²) in [5.74, 6) is 0.0614. The van der Waals surface area contributed by atoms with E-state index >= 15 is 0 Å². The Balaban J connectivity index is 0.00000256. The minimum atomic E-state index is -0.774. The molecule has 6 heteroatoms. The predicted molar refractivity (Wildman–Crippen MR) is 120 cm³/mol. The lowest BCUT2D eigenvalue weighted by Gasteiger charge is -2.36. The molecule has 1 fully saturated rings. The van der Waals surface area contributed by atoms with E-state index in [0.29, 0.717) is 12.1 Å². The molecule has 1 amide bonds. The van der Waals surface area contributed by atoms with E-state index in [2.05, 4.69) is 11.4 Å². The Labute approximate surface area is 184 Å². The van der Waals surface area contributed by atoms with Gasteiger partial charge in [0.15, 0.2) is 0 Å². The Bertz CT molecular complexity index is 935. The number of carbonyl (C=O) groups excluding carboxylic acids is 1. The molecule has 2 aromatic carbocycles. The maximum Gasteiger partial charge on any atom is 0.238 e. The zero-order valence-corrected chi connectivity index (χ0v) is 18.0. The number of aliphatic hydroxyl groups is 1. The number of likely N-dealkylation sites (N-methyl/N-ethyl adjacent to an activating group) is 1. The third-order valence-corrected chi connectivity index (χ3v) is 6.43. The highest BCUT2D eigenvalue weighted by Crippen LogP contribution is 2.53. The number of amides is 1. The minimum Gasteiger partial charge on any atom is -0.389 e. The van der Waals surface area contributed by atoms with Gasteiger partial charge in [-0.2, -0.15) is 5.26 Å². The second-order valence-corrected chi connectivity index (χ2v) is 8.14. The first-order valence-electron chi connectivity index (χ1n) is 10.4. The lowest BCUT2D eigenvalue weighted by atomic mass is 9.70. The summed E-state index contributed by atoms with van der Waals surface area (Å²) in [6.07, 6.45) is 4.06. The fraction of sp³-hybridized carbons (Fsp3) is 0.417. The number of rotatable bonds is 5. The summed E-state index contributed by atoms with van der Waals surface area (Å²) in [5.41, 5.74) is 2.68. The largest absolute Gasteiger partial charge is 0.389 e. The number of carbonyl (C=O) groups is 1. The average molecular weight is 426 g/mol. The quantitative estimate of drug-likeness (QED) is 0.762. The molecule has 0 aromatic heterocycles. The van der Waals surface area contributed by atoms with Crippen molar-refractivity contribution >= 4 is 24.0 Å². The molecule has 30 heavy (non-hydrogen) atoms. The number of nitriles is 1. The van der Waals surface area contributed by atoms with Crippen LogP contribution in [0.25, 0.3) is 0 Å². The topological polar surface area (TPSA) is 76.4 Å². The van der Waals surface area contributed by atoms with Gasteiger partial charge in [-0.25, -0.2) is 0 Å². The molecule has 2 N–H and O–H groups in total. The molecule has 0 saturated heterocycles. The van der Waals surface area contributed by atoms with Gasteiger partial charge in [0.05, 0.1) is 34.9 Å². The molecule has 1 aliphatic carbocycles. The van der Waals surface area contributed by atoms with Crippen LogP contribution in [-0.2, 0) is 10.2 Å². The van der Waals surface area contributed by atoms with E-state index in [-0.39, 0.29) is 18.3 Å². The molecule has 1 heterocycles. The summed E-state index contributed by atoms with van der Waals surface area (Å²) in [4.78, 5) is 15.8. The van der Waals surface area contributed by atoms with Gasteiger partial charge in [-0.1, -0.05) is 55.7 Å². The standard InChI is InChI=1S/C24H27N3O2.ClH/c1-26-16-21(28)22(18-8-4-2-5-9-18)27-20-14-17(15-25)10-11-19(20)24(23(27)29)12-6-3-7-13-24;/h2,4-5,8-11,14,21-22,26,28H,3,6-7,12-13,16H2,1H3;1H/t21-,22+;/m1./s1. The first kappa shape index (κ1) is 22.3. The molecule has 1 spiro atoms. The third kappa shape index (κ3) is 3.60. The predicted octanol–water partition coefficient (Wildman–Crippen LogP) is 3.85. The van der Waals surface area contributed by atoms with Crippen LogP contribution in [0.1, 0.15) is 54.8 Å². The van der Waals surface area contributed by atoms with Crippen molar-refractivity contribution in [3.05, 3.63) is 65.2 Å². The van der Waals surface area contributed by atoms with E-state index in [0.717, 1.165) is 48.9 Å². The number of halogens is 1. The molecule has 1 aliphatic heterocycles. The zero-order chi connectivity index (χ0) is 20.4. The Morgan fingerprint density at radius 2 is 1.87 bits per heavy atom. The van der Waals surface area contributed by atoms with Crippen molar-refractivity contribution in [3.63, 3.8) is 0 Å². The van der Waals surface area contributed by atoms with Crippen LogP contribution in [0.5, 0.6) is 0 Å². The zero-order valence-electron chi connectivity index (χ0n) is 17.2. The summed E-state index contributed by atoms with van der Waals surface area (Å²) in [7, 11) is 1.79. The summed E-state index contributed by atoms with van der Waals surface area (Å²) in [6.45, 7) is 0.365. The Hall–Kier alpha value is -2.39. The summed E-state index contributed by atoms with van der Waals surface area (Å²) in [5, 5.41) is 23.6. The molecule has 5 nitrogen and oxygen atoms in total. The van der Waals surface area contributed by atoms with Crippen molar-refractivity contribution < 1.29 is 9.90 Å². The van der Waals surface area contributed by atoms with E-state index in [1.54, 1.807) is 11.9 Å². The fourth-order valence-electron chi connectivity index (χ4n) is 5.09. The smallest absolute Gasteiger partial charge is 0.238 e. The van der Waals surface area contributed by atoms with E-state index in [1.165, 1.54) is 0 Å². The van der Waals surface area contributed by atoms with Gasteiger partial charge in [0.2, 0.25) is 5.91 Å². The van der Waals surface area contributed by atoms with E-state index < -0.39 is 17.6 Å².